The van der Waals surface area contributed by atoms with Crippen molar-refractivity contribution in [2.75, 3.05) is 25.1 Å². The molecule has 1 heterocycles. The highest BCUT2D eigenvalue weighted by Crippen LogP contribution is 2.22. The van der Waals surface area contributed by atoms with E-state index in [0.717, 1.165) is 36.5 Å². The summed E-state index contributed by atoms with van der Waals surface area (Å²) >= 11 is 0. The summed E-state index contributed by atoms with van der Waals surface area (Å²) in [5.74, 6) is -2.53. The average molecular weight is 564 g/mol. The largest absolute Gasteiger partial charge is 0.463 e. The summed E-state index contributed by atoms with van der Waals surface area (Å²) in [6, 6.07) is 11.8. The van der Waals surface area contributed by atoms with Gasteiger partial charge >= 0.3 is 5.97 Å². The van der Waals surface area contributed by atoms with Crippen LogP contribution in [0.4, 0.5) is 5.69 Å². The summed E-state index contributed by atoms with van der Waals surface area (Å²) in [6.45, 7) is 7.44. The molecule has 3 N–H and O–H groups in total. The van der Waals surface area contributed by atoms with E-state index < -0.39 is 29.7 Å². The minimum atomic E-state index is -1.18. The zero-order chi connectivity index (χ0) is 29.6. The second kappa shape index (κ2) is 16.3. The van der Waals surface area contributed by atoms with Gasteiger partial charge in [0.2, 0.25) is 11.8 Å². The van der Waals surface area contributed by atoms with Crippen molar-refractivity contribution in [2.45, 2.75) is 63.5 Å². The summed E-state index contributed by atoms with van der Waals surface area (Å²) in [6.07, 6.45) is 7.39. The Bertz CT molecular complexity index is 1230. The number of fused-ring (bicyclic) bond motifs is 1. The Morgan fingerprint density at radius 1 is 1.05 bits per heavy atom. The molecule has 0 saturated carbocycles. The SMILES string of the molecule is C=CCCCCC(=O)OC[C@H](NC(=O)[C@@H](CC=C)CC(=O)N1CCC[C@H]1CO)C(=O)Nc1ccc2ccccc2c1. The smallest absolute Gasteiger partial charge is 0.305 e. The molecule has 3 amide bonds. The average Bonchev–Trinajstić information content (AvgIpc) is 3.46. The fraction of sp³-hybridized carbons (Fsp3) is 0.438. The Morgan fingerprint density at radius 2 is 1.83 bits per heavy atom. The molecule has 220 valence electrons. The number of carbonyl (C=O) groups excluding carboxylic acids is 4. The summed E-state index contributed by atoms with van der Waals surface area (Å²) in [7, 11) is 0. The summed E-state index contributed by atoms with van der Waals surface area (Å²) in [5.41, 5.74) is 0.533. The molecule has 0 aliphatic carbocycles. The zero-order valence-corrected chi connectivity index (χ0v) is 23.6. The Balaban J connectivity index is 1.70. The molecule has 9 heteroatoms. The van der Waals surface area contributed by atoms with E-state index in [0.29, 0.717) is 18.7 Å². The number of aliphatic hydroxyl groups excluding tert-OH is 1. The number of allylic oxidation sites excluding steroid dienone is 2. The predicted octanol–water partition coefficient (Wildman–Crippen LogP) is 4.12. The third kappa shape index (κ3) is 9.56. The molecule has 2 aromatic carbocycles. The number of carbonyl (C=O) groups is 4. The van der Waals surface area contributed by atoms with E-state index in [1.165, 1.54) is 0 Å². The number of hydrogen-bond donors (Lipinski definition) is 3. The number of nitrogens with one attached hydrogen (secondary N) is 2. The molecule has 9 nitrogen and oxygen atoms in total. The molecule has 0 bridgehead atoms. The molecule has 0 radical (unpaired) electrons. The lowest BCUT2D eigenvalue weighted by Gasteiger charge is -2.26. The summed E-state index contributed by atoms with van der Waals surface area (Å²) in [5, 5.41) is 17.1. The molecule has 1 fully saturated rings. The minimum absolute atomic E-state index is 0.0868. The number of esters is 1. The maximum Gasteiger partial charge on any atom is 0.305 e. The van der Waals surface area contributed by atoms with Gasteiger partial charge in [-0.05, 0) is 61.4 Å². The topological polar surface area (TPSA) is 125 Å². The molecule has 1 aliphatic rings. The van der Waals surface area contributed by atoms with E-state index in [2.05, 4.69) is 23.8 Å². The Labute approximate surface area is 241 Å². The normalized spacial score (nSPS) is 16.0. The summed E-state index contributed by atoms with van der Waals surface area (Å²) in [4.78, 5) is 53.6. The van der Waals surface area contributed by atoms with Crippen LogP contribution in [-0.2, 0) is 23.9 Å². The van der Waals surface area contributed by atoms with Crippen molar-refractivity contribution in [1.29, 1.82) is 0 Å². The van der Waals surface area contributed by atoms with E-state index >= 15 is 0 Å². The first kappa shape index (κ1) is 31.5. The zero-order valence-electron chi connectivity index (χ0n) is 23.6. The Hall–Kier alpha value is -3.98. The van der Waals surface area contributed by atoms with Crippen molar-refractivity contribution >= 4 is 40.2 Å². The minimum Gasteiger partial charge on any atom is -0.463 e. The first-order chi connectivity index (χ1) is 19.9. The lowest BCUT2D eigenvalue weighted by molar-refractivity contribution is -0.146. The van der Waals surface area contributed by atoms with Gasteiger partial charge in [0.05, 0.1) is 18.6 Å². The number of unbranched alkanes of at least 4 members (excludes halogenated alkanes) is 2. The van der Waals surface area contributed by atoms with Crippen LogP contribution < -0.4 is 10.6 Å². The second-order valence-corrected chi connectivity index (χ2v) is 10.3. The van der Waals surface area contributed by atoms with Crippen LogP contribution in [0.5, 0.6) is 0 Å². The predicted molar refractivity (Wildman–Crippen MR) is 159 cm³/mol. The number of hydrogen-bond acceptors (Lipinski definition) is 6. The van der Waals surface area contributed by atoms with Crippen LogP contribution in [0.25, 0.3) is 10.8 Å². The van der Waals surface area contributed by atoms with Crippen LogP contribution in [0.15, 0.2) is 67.8 Å². The van der Waals surface area contributed by atoms with Crippen LogP contribution in [-0.4, -0.2) is 65.5 Å². The van der Waals surface area contributed by atoms with E-state index in [4.69, 9.17) is 4.74 Å². The number of benzene rings is 2. The number of likely N-dealkylation sites (tertiary alicyclic amines) is 1. The number of rotatable bonds is 16. The number of anilines is 1. The molecular weight excluding hydrogens is 522 g/mol. The second-order valence-electron chi connectivity index (χ2n) is 10.3. The lowest BCUT2D eigenvalue weighted by Crippen LogP contribution is -2.49. The molecule has 1 saturated heterocycles. The van der Waals surface area contributed by atoms with Crippen LogP contribution >= 0.6 is 0 Å². The maximum absolute atomic E-state index is 13.4. The number of amides is 3. The molecule has 0 spiro atoms. The van der Waals surface area contributed by atoms with Crippen molar-refractivity contribution in [3.05, 3.63) is 67.8 Å². The van der Waals surface area contributed by atoms with Crippen LogP contribution in [0, 0.1) is 5.92 Å². The summed E-state index contributed by atoms with van der Waals surface area (Å²) < 4.78 is 5.38. The van der Waals surface area contributed by atoms with Gasteiger partial charge in [-0.2, -0.15) is 0 Å². The van der Waals surface area contributed by atoms with Gasteiger partial charge in [-0.3, -0.25) is 19.2 Å². The van der Waals surface area contributed by atoms with Crippen LogP contribution in [0.1, 0.15) is 51.4 Å². The third-order valence-corrected chi connectivity index (χ3v) is 7.25. The van der Waals surface area contributed by atoms with Gasteiger partial charge in [-0.1, -0.05) is 42.5 Å². The van der Waals surface area contributed by atoms with Crippen molar-refractivity contribution in [3.8, 4) is 0 Å². The van der Waals surface area contributed by atoms with E-state index in [9.17, 15) is 24.3 Å². The standard InChI is InChI=1S/C32H41N3O6/c1-3-5-6-7-15-30(38)41-22-28(32(40)33-26-17-16-23-12-8-9-13-24(23)19-26)34-31(39)25(11-4-2)20-29(37)35-18-10-14-27(35)21-36/h3-4,8-9,12-13,16-17,19,25,27-28,36H,1-2,5-7,10-11,14-15,18,20-22H2,(H,33,40)(H,34,39)/t25-,27-,28-/m0/s1. The third-order valence-electron chi connectivity index (χ3n) is 7.25. The van der Waals surface area contributed by atoms with E-state index in [-0.39, 0.29) is 44.4 Å². The molecule has 3 rings (SSSR count). The van der Waals surface area contributed by atoms with Crippen molar-refractivity contribution in [1.82, 2.24) is 10.2 Å². The van der Waals surface area contributed by atoms with Crippen molar-refractivity contribution in [2.24, 2.45) is 5.92 Å². The number of nitrogens with zero attached hydrogens (tertiary/aromatic N) is 1. The molecule has 1 aliphatic heterocycles. The number of ether oxygens (including phenoxy) is 1. The van der Waals surface area contributed by atoms with Gasteiger partial charge in [0, 0.05) is 25.1 Å². The van der Waals surface area contributed by atoms with Crippen LogP contribution in [0.2, 0.25) is 0 Å². The molecule has 41 heavy (non-hydrogen) atoms. The van der Waals surface area contributed by atoms with Gasteiger partial charge in [-0.15, -0.1) is 13.2 Å². The van der Waals surface area contributed by atoms with Gasteiger partial charge in [0.25, 0.3) is 5.91 Å². The first-order valence-electron chi connectivity index (χ1n) is 14.2. The van der Waals surface area contributed by atoms with E-state index in [1.807, 2.05) is 36.4 Å². The quantitative estimate of drug-likeness (QED) is 0.160. The maximum atomic E-state index is 13.4. The highest BCUT2D eigenvalue weighted by atomic mass is 16.5. The van der Waals surface area contributed by atoms with Gasteiger partial charge in [-0.25, -0.2) is 0 Å². The van der Waals surface area contributed by atoms with E-state index in [1.54, 1.807) is 23.1 Å². The Kier molecular flexibility index (Phi) is 12.6. The molecule has 0 aromatic heterocycles. The fourth-order valence-corrected chi connectivity index (χ4v) is 4.94. The van der Waals surface area contributed by atoms with Crippen LogP contribution in [0.3, 0.4) is 0 Å². The van der Waals surface area contributed by atoms with Gasteiger partial charge in [0.15, 0.2) is 0 Å². The Morgan fingerprint density at radius 3 is 2.56 bits per heavy atom. The van der Waals surface area contributed by atoms with Gasteiger partial charge in [0.1, 0.15) is 12.6 Å². The van der Waals surface area contributed by atoms with Crippen molar-refractivity contribution in [3.63, 3.8) is 0 Å². The first-order valence-corrected chi connectivity index (χ1v) is 14.2. The molecule has 2 aromatic rings. The molecule has 0 unspecified atom stereocenters. The van der Waals surface area contributed by atoms with Gasteiger partial charge < -0.3 is 25.4 Å². The monoisotopic (exact) mass is 563 g/mol. The molecule has 3 atom stereocenters. The lowest BCUT2D eigenvalue weighted by atomic mass is 9.98. The fourth-order valence-electron chi connectivity index (χ4n) is 4.94. The highest BCUT2D eigenvalue weighted by molar-refractivity contribution is 5.99. The van der Waals surface area contributed by atoms with Crippen molar-refractivity contribution < 1.29 is 29.0 Å². The highest BCUT2D eigenvalue weighted by Gasteiger charge is 2.32. The number of aliphatic hydroxyl groups is 1. The molecular formula is C32H41N3O6.